The lowest BCUT2D eigenvalue weighted by molar-refractivity contribution is -0.763. The number of nitrogens with zero attached hydrogens (tertiary/aromatic N) is 2. The Balaban J connectivity index is 0.0000176. The molecule has 0 saturated heterocycles. The van der Waals surface area contributed by atoms with E-state index in [0.29, 0.717) is 6.42 Å². The summed E-state index contributed by atoms with van der Waals surface area (Å²) < 4.78 is 0.761. The number of aliphatic imine (C=N–C) groups is 1. The molecule has 1 unspecified atom stereocenters. The lowest BCUT2D eigenvalue weighted by atomic mass is 10.0. The van der Waals surface area contributed by atoms with Crippen molar-refractivity contribution in [1.29, 1.82) is 0 Å². The van der Waals surface area contributed by atoms with Crippen molar-refractivity contribution in [3.63, 3.8) is 0 Å². The van der Waals surface area contributed by atoms with Crippen LogP contribution in [0.1, 0.15) is 200 Å². The highest BCUT2D eigenvalue weighted by atomic mass is 35.5. The number of rotatable bonds is 32. The Morgan fingerprint density at radius 1 is 0.605 bits per heavy atom. The first kappa shape index (κ1) is 42.1. The lowest BCUT2D eigenvalue weighted by Gasteiger charge is -2.27. The van der Waals surface area contributed by atoms with Crippen LogP contribution in [0.4, 0.5) is 0 Å². The monoisotopic (exact) mass is 624 g/mol. The molecule has 0 spiro atoms. The molecule has 0 aromatic heterocycles. The van der Waals surface area contributed by atoms with Crippen LogP contribution in [0.25, 0.3) is 0 Å². The topological polar surface area (TPSA) is 41.5 Å². The second kappa shape index (κ2) is 31.1. The number of amides is 1. The van der Waals surface area contributed by atoms with Gasteiger partial charge in [-0.15, -0.1) is 0 Å². The number of carbonyl (C=O) groups is 1. The van der Waals surface area contributed by atoms with E-state index in [2.05, 4.69) is 32.4 Å². The molecule has 1 rings (SSSR count). The molecular formula is C38H74ClN3O. The van der Waals surface area contributed by atoms with Gasteiger partial charge in [-0.1, -0.05) is 174 Å². The third-order valence-electron chi connectivity index (χ3n) is 9.37. The highest BCUT2D eigenvalue weighted by Gasteiger charge is 2.29. The quantitative estimate of drug-likeness (QED) is 0.0590. The summed E-state index contributed by atoms with van der Waals surface area (Å²) in [5.41, 5.74) is 0. The van der Waals surface area contributed by atoms with E-state index in [9.17, 15) is 4.79 Å². The van der Waals surface area contributed by atoms with Crippen molar-refractivity contribution in [2.24, 2.45) is 4.99 Å². The highest BCUT2D eigenvalue weighted by Crippen LogP contribution is 2.19. The van der Waals surface area contributed by atoms with Crippen molar-refractivity contribution in [3.8, 4) is 0 Å². The van der Waals surface area contributed by atoms with Crippen molar-refractivity contribution in [3.05, 3.63) is 12.4 Å². The first-order valence-electron chi connectivity index (χ1n) is 19.0. The Morgan fingerprint density at radius 3 is 1.40 bits per heavy atom. The fraction of sp³-hybridized carbons (Fsp3) is 0.895. The zero-order valence-corrected chi connectivity index (χ0v) is 30.0. The summed E-state index contributed by atoms with van der Waals surface area (Å²) in [7, 11) is 2.24. The van der Waals surface area contributed by atoms with Crippen molar-refractivity contribution < 1.29 is 21.7 Å². The molecule has 1 aliphatic heterocycles. The molecule has 4 nitrogen and oxygen atoms in total. The fourth-order valence-corrected chi connectivity index (χ4v) is 6.30. The molecule has 0 bridgehead atoms. The second-order valence-corrected chi connectivity index (χ2v) is 13.5. The summed E-state index contributed by atoms with van der Waals surface area (Å²) >= 11 is 0. The van der Waals surface area contributed by atoms with Crippen molar-refractivity contribution in [1.82, 2.24) is 5.32 Å². The number of quaternary nitrogens is 1. The van der Waals surface area contributed by atoms with E-state index < -0.39 is 0 Å². The van der Waals surface area contributed by atoms with Gasteiger partial charge in [-0.05, 0) is 12.8 Å². The van der Waals surface area contributed by atoms with Crippen molar-refractivity contribution >= 4 is 11.7 Å². The van der Waals surface area contributed by atoms with Crippen LogP contribution in [0.3, 0.4) is 0 Å². The van der Waals surface area contributed by atoms with Gasteiger partial charge in [-0.2, -0.15) is 0 Å². The SMILES string of the molecule is CCCCCCCCCCCCCCCCC1=NC=C[N+]1(C)CCNC(=O)CCCCCCCCCCCCCCC.[Cl-]. The summed E-state index contributed by atoms with van der Waals surface area (Å²) in [6.45, 7) is 6.21. The van der Waals surface area contributed by atoms with Crippen LogP contribution in [0.2, 0.25) is 0 Å². The number of halogens is 1. The van der Waals surface area contributed by atoms with Crippen molar-refractivity contribution in [2.75, 3.05) is 20.1 Å². The van der Waals surface area contributed by atoms with E-state index in [1.54, 1.807) is 0 Å². The van der Waals surface area contributed by atoms with Crippen LogP contribution < -0.4 is 17.7 Å². The largest absolute Gasteiger partial charge is 1.00 e. The van der Waals surface area contributed by atoms with E-state index in [1.807, 2.05) is 6.20 Å². The predicted molar refractivity (Wildman–Crippen MR) is 186 cm³/mol. The average molecular weight is 624 g/mol. The summed E-state index contributed by atoms with van der Waals surface area (Å²) in [5, 5.41) is 3.18. The Hall–Kier alpha value is -0.870. The predicted octanol–water partition coefficient (Wildman–Crippen LogP) is 8.79. The maximum atomic E-state index is 12.4. The summed E-state index contributed by atoms with van der Waals surface area (Å²) in [6.07, 6.45) is 42.9. The van der Waals surface area contributed by atoms with Crippen LogP contribution in [0.5, 0.6) is 0 Å². The summed E-state index contributed by atoms with van der Waals surface area (Å²) in [4.78, 5) is 17.1. The molecule has 1 atom stereocenters. The minimum absolute atomic E-state index is 0. The minimum atomic E-state index is 0. The molecule has 1 heterocycles. The number of amidine groups is 1. The molecule has 1 N–H and O–H groups in total. The number of carbonyl (C=O) groups excluding carboxylic acids is 1. The normalized spacial score (nSPS) is 15.9. The van der Waals surface area contributed by atoms with E-state index in [4.69, 9.17) is 4.99 Å². The maximum Gasteiger partial charge on any atom is 0.220 e. The average Bonchev–Trinajstić information content (AvgIpc) is 3.35. The number of hydrogen-bond acceptors (Lipinski definition) is 2. The first-order chi connectivity index (χ1) is 20.6. The van der Waals surface area contributed by atoms with Crippen LogP contribution in [-0.2, 0) is 4.79 Å². The lowest BCUT2D eigenvalue weighted by Crippen LogP contribution is -3.00. The third-order valence-corrected chi connectivity index (χ3v) is 9.37. The van der Waals surface area contributed by atoms with Crippen LogP contribution in [-0.4, -0.2) is 36.4 Å². The van der Waals surface area contributed by atoms with Gasteiger partial charge in [0.25, 0.3) is 0 Å². The zero-order valence-electron chi connectivity index (χ0n) is 29.3. The molecule has 0 fully saturated rings. The first-order valence-corrected chi connectivity index (χ1v) is 19.0. The molecule has 0 aliphatic carbocycles. The van der Waals surface area contributed by atoms with Crippen molar-refractivity contribution in [2.45, 2.75) is 200 Å². The zero-order chi connectivity index (χ0) is 30.4. The summed E-state index contributed by atoms with van der Waals surface area (Å²) in [5.74, 6) is 1.48. The number of hydrogen-bond donors (Lipinski definition) is 1. The highest BCUT2D eigenvalue weighted by molar-refractivity contribution is 5.78. The molecule has 1 aliphatic rings. The number of likely N-dealkylation sites (N-methyl/N-ethyl adjacent to an activating group) is 1. The van der Waals surface area contributed by atoms with Crippen LogP contribution in [0.15, 0.2) is 17.4 Å². The Labute approximate surface area is 275 Å². The standard InChI is InChI=1S/C38H73N3O.ClH/c1-4-6-8-10-12-14-16-18-20-21-23-25-27-29-31-37-39-33-35-41(37,3)36-34-40-38(42)32-30-28-26-24-22-19-17-15-13-11-9-7-5-2;/h33,35H,4-32,34,36H2,1-3H3;1H. The fourth-order valence-electron chi connectivity index (χ4n) is 6.30. The maximum absolute atomic E-state index is 12.4. The van der Waals surface area contributed by atoms with E-state index in [-0.39, 0.29) is 18.3 Å². The molecule has 0 radical (unpaired) electrons. The molecule has 0 aromatic carbocycles. The van der Waals surface area contributed by atoms with E-state index >= 15 is 0 Å². The molecule has 43 heavy (non-hydrogen) atoms. The van der Waals surface area contributed by atoms with Gasteiger partial charge < -0.3 is 17.7 Å². The van der Waals surface area contributed by atoms with Gasteiger partial charge in [0.05, 0.1) is 19.8 Å². The van der Waals surface area contributed by atoms with Gasteiger partial charge >= 0.3 is 0 Å². The van der Waals surface area contributed by atoms with E-state index in [1.165, 1.54) is 173 Å². The molecule has 5 heteroatoms. The molecule has 0 saturated carbocycles. The summed E-state index contributed by atoms with van der Waals surface area (Å²) in [6, 6.07) is 0. The van der Waals surface area contributed by atoms with Gasteiger partial charge in [0.1, 0.15) is 12.7 Å². The van der Waals surface area contributed by atoms with E-state index in [0.717, 1.165) is 30.4 Å². The molecule has 254 valence electrons. The smallest absolute Gasteiger partial charge is 0.220 e. The van der Waals surface area contributed by atoms with Gasteiger partial charge in [0, 0.05) is 12.8 Å². The number of unbranched alkanes of at least 4 members (excludes halogenated alkanes) is 25. The molecule has 1 amide bonds. The van der Waals surface area contributed by atoms with Gasteiger partial charge in [0.15, 0.2) is 0 Å². The molecular weight excluding hydrogens is 550 g/mol. The second-order valence-electron chi connectivity index (χ2n) is 13.5. The Kier molecular flexibility index (Phi) is 30.5. The van der Waals surface area contributed by atoms with Crippen LogP contribution in [0, 0.1) is 0 Å². The third kappa shape index (κ3) is 25.1. The van der Waals surface area contributed by atoms with Gasteiger partial charge in [-0.25, -0.2) is 4.99 Å². The van der Waals surface area contributed by atoms with Crippen LogP contribution >= 0.6 is 0 Å². The minimum Gasteiger partial charge on any atom is -1.00 e. The Bertz CT molecular complexity index is 680. The van der Waals surface area contributed by atoms with Gasteiger partial charge in [0.2, 0.25) is 11.7 Å². The Morgan fingerprint density at radius 2 is 0.977 bits per heavy atom. The van der Waals surface area contributed by atoms with Gasteiger partial charge in [-0.3, -0.25) is 9.28 Å². The number of nitrogens with one attached hydrogen (secondary N) is 1. The molecule has 0 aromatic rings.